The number of nitriles is 1. The lowest BCUT2D eigenvalue weighted by Crippen LogP contribution is -2.30. The zero-order valence-electron chi connectivity index (χ0n) is 16.7. The summed E-state index contributed by atoms with van der Waals surface area (Å²) < 4.78 is 4.98. The molecular formula is C22H26N2O3S. The Morgan fingerprint density at radius 1 is 1.29 bits per heavy atom. The molecule has 1 aromatic carbocycles. The second kappa shape index (κ2) is 10.1. The molecule has 1 aromatic rings. The highest BCUT2D eigenvalue weighted by Crippen LogP contribution is 2.38. The summed E-state index contributed by atoms with van der Waals surface area (Å²) in [7, 11) is 0. The van der Waals surface area contributed by atoms with Gasteiger partial charge in [0.05, 0.1) is 29.0 Å². The van der Waals surface area contributed by atoms with Gasteiger partial charge in [-0.05, 0) is 26.2 Å². The van der Waals surface area contributed by atoms with Gasteiger partial charge in [-0.1, -0.05) is 55.9 Å². The SMILES string of the molecule is CCOC(=O)CSC1=C(C#N)[C@H](CC(C)C)C(C(=O)c2ccccc2)=C(C)N1. The lowest BCUT2D eigenvalue weighted by molar-refractivity contribution is -0.139. The third-order valence-corrected chi connectivity index (χ3v) is 5.39. The van der Waals surface area contributed by atoms with Crippen LogP contribution in [0.2, 0.25) is 0 Å². The molecule has 0 saturated heterocycles. The highest BCUT2D eigenvalue weighted by molar-refractivity contribution is 8.03. The predicted octanol–water partition coefficient (Wildman–Crippen LogP) is 4.44. The molecule has 0 radical (unpaired) electrons. The summed E-state index contributed by atoms with van der Waals surface area (Å²) in [6, 6.07) is 11.4. The maximum absolute atomic E-state index is 13.2. The minimum atomic E-state index is -0.327. The van der Waals surface area contributed by atoms with Crippen molar-refractivity contribution in [3.8, 4) is 6.07 Å². The molecule has 0 bridgehead atoms. The van der Waals surface area contributed by atoms with Gasteiger partial charge in [0.1, 0.15) is 0 Å². The summed E-state index contributed by atoms with van der Waals surface area (Å²) in [5.74, 6) is -0.283. The fourth-order valence-electron chi connectivity index (χ4n) is 3.23. The van der Waals surface area contributed by atoms with E-state index in [0.29, 0.717) is 40.7 Å². The fourth-order valence-corrected chi connectivity index (χ4v) is 4.14. The molecule has 0 aromatic heterocycles. The first-order valence-electron chi connectivity index (χ1n) is 9.39. The van der Waals surface area contributed by atoms with Crippen molar-refractivity contribution in [2.45, 2.75) is 34.1 Å². The maximum Gasteiger partial charge on any atom is 0.316 e. The molecule has 1 atom stereocenters. The average Bonchev–Trinajstić information content (AvgIpc) is 2.66. The number of ether oxygens (including phenoxy) is 1. The second-order valence-corrected chi connectivity index (χ2v) is 7.97. The molecule has 2 rings (SSSR count). The number of thioether (sulfide) groups is 1. The first-order chi connectivity index (χ1) is 13.4. The molecule has 5 nitrogen and oxygen atoms in total. The number of dihydropyridines is 1. The molecule has 1 aliphatic heterocycles. The number of benzene rings is 1. The van der Waals surface area contributed by atoms with Gasteiger partial charge in [-0.15, -0.1) is 0 Å². The number of allylic oxidation sites excluding steroid dienone is 3. The van der Waals surface area contributed by atoms with Crippen LogP contribution < -0.4 is 5.32 Å². The Morgan fingerprint density at radius 3 is 2.54 bits per heavy atom. The van der Waals surface area contributed by atoms with Crippen molar-refractivity contribution >= 4 is 23.5 Å². The third kappa shape index (κ3) is 5.26. The predicted molar refractivity (Wildman–Crippen MR) is 111 cm³/mol. The van der Waals surface area contributed by atoms with E-state index in [1.807, 2.05) is 25.1 Å². The van der Waals surface area contributed by atoms with Crippen LogP contribution >= 0.6 is 11.8 Å². The Bertz CT molecular complexity index is 835. The van der Waals surface area contributed by atoms with E-state index in [-0.39, 0.29) is 23.4 Å². The van der Waals surface area contributed by atoms with Crippen LogP contribution in [0.4, 0.5) is 0 Å². The quantitative estimate of drug-likeness (QED) is 0.515. The smallest absolute Gasteiger partial charge is 0.316 e. The number of carbonyl (C=O) groups excluding carboxylic acids is 2. The average molecular weight is 399 g/mol. The van der Waals surface area contributed by atoms with E-state index < -0.39 is 0 Å². The highest BCUT2D eigenvalue weighted by atomic mass is 32.2. The van der Waals surface area contributed by atoms with Crippen LogP contribution in [0.25, 0.3) is 0 Å². The topological polar surface area (TPSA) is 79.2 Å². The van der Waals surface area contributed by atoms with Crippen molar-refractivity contribution in [2.24, 2.45) is 11.8 Å². The van der Waals surface area contributed by atoms with Crippen LogP contribution in [-0.2, 0) is 9.53 Å². The maximum atomic E-state index is 13.2. The first-order valence-corrected chi connectivity index (χ1v) is 10.4. The molecule has 0 unspecified atom stereocenters. The number of rotatable bonds is 8. The molecule has 28 heavy (non-hydrogen) atoms. The van der Waals surface area contributed by atoms with E-state index in [9.17, 15) is 14.9 Å². The van der Waals surface area contributed by atoms with E-state index in [0.717, 1.165) is 5.70 Å². The Hall–Kier alpha value is -2.52. The van der Waals surface area contributed by atoms with Crippen molar-refractivity contribution in [3.63, 3.8) is 0 Å². The summed E-state index contributed by atoms with van der Waals surface area (Å²) in [5, 5.41) is 13.7. The minimum Gasteiger partial charge on any atom is -0.465 e. The summed E-state index contributed by atoms with van der Waals surface area (Å²) in [6.07, 6.45) is 0.680. The zero-order chi connectivity index (χ0) is 20.7. The van der Waals surface area contributed by atoms with E-state index in [2.05, 4.69) is 25.2 Å². The van der Waals surface area contributed by atoms with Crippen molar-refractivity contribution in [2.75, 3.05) is 12.4 Å². The van der Waals surface area contributed by atoms with Crippen LogP contribution in [0.3, 0.4) is 0 Å². The minimum absolute atomic E-state index is 0.0709. The zero-order valence-corrected chi connectivity index (χ0v) is 17.6. The van der Waals surface area contributed by atoms with Crippen LogP contribution in [-0.4, -0.2) is 24.1 Å². The summed E-state index contributed by atoms with van der Waals surface area (Å²) in [6.45, 7) is 8.07. The third-order valence-electron chi connectivity index (χ3n) is 4.39. The molecule has 6 heteroatoms. The molecule has 1 N–H and O–H groups in total. The highest BCUT2D eigenvalue weighted by Gasteiger charge is 2.34. The lowest BCUT2D eigenvalue weighted by atomic mass is 9.79. The Kier molecular flexibility index (Phi) is 7.89. The van der Waals surface area contributed by atoms with Crippen molar-refractivity contribution in [1.82, 2.24) is 5.32 Å². The van der Waals surface area contributed by atoms with E-state index in [1.54, 1.807) is 19.1 Å². The van der Waals surface area contributed by atoms with Crippen molar-refractivity contribution in [1.29, 1.82) is 5.26 Å². The van der Waals surface area contributed by atoms with E-state index >= 15 is 0 Å². The molecule has 0 saturated carbocycles. The summed E-state index contributed by atoms with van der Waals surface area (Å²) in [5.41, 5.74) is 2.46. The molecular weight excluding hydrogens is 372 g/mol. The van der Waals surface area contributed by atoms with Crippen LogP contribution in [0.15, 0.2) is 52.2 Å². The molecule has 0 amide bonds. The van der Waals surface area contributed by atoms with Gasteiger partial charge in [-0.25, -0.2) is 0 Å². The molecule has 1 heterocycles. The van der Waals surface area contributed by atoms with Gasteiger partial charge in [0.15, 0.2) is 5.78 Å². The number of nitrogens with zero attached hydrogens (tertiary/aromatic N) is 1. The van der Waals surface area contributed by atoms with E-state index in [4.69, 9.17) is 4.74 Å². The largest absolute Gasteiger partial charge is 0.465 e. The number of hydrogen-bond acceptors (Lipinski definition) is 6. The van der Waals surface area contributed by atoms with Crippen LogP contribution in [0.1, 0.15) is 44.5 Å². The Morgan fingerprint density at radius 2 is 1.96 bits per heavy atom. The first kappa shape index (κ1) is 21.8. The number of esters is 1. The van der Waals surface area contributed by atoms with Crippen molar-refractivity contribution < 1.29 is 14.3 Å². The molecule has 0 fully saturated rings. The lowest BCUT2D eigenvalue weighted by Gasteiger charge is -2.30. The van der Waals surface area contributed by atoms with Gasteiger partial charge in [0.2, 0.25) is 0 Å². The summed E-state index contributed by atoms with van der Waals surface area (Å²) in [4.78, 5) is 24.9. The van der Waals surface area contributed by atoms with Gasteiger partial charge in [-0.2, -0.15) is 5.26 Å². The number of hydrogen-bond donors (Lipinski definition) is 1. The Labute approximate surface area is 170 Å². The van der Waals surface area contributed by atoms with Gasteiger partial charge >= 0.3 is 5.97 Å². The van der Waals surface area contributed by atoms with Gasteiger partial charge < -0.3 is 10.1 Å². The van der Waals surface area contributed by atoms with Crippen LogP contribution in [0, 0.1) is 23.2 Å². The number of carbonyl (C=O) groups is 2. The van der Waals surface area contributed by atoms with Crippen molar-refractivity contribution in [3.05, 3.63) is 57.8 Å². The normalized spacial score (nSPS) is 16.6. The Balaban J connectivity index is 2.39. The molecule has 1 aliphatic rings. The van der Waals surface area contributed by atoms with Crippen LogP contribution in [0.5, 0.6) is 0 Å². The number of Topliss-reactive ketones (excluding diaryl/α,β-unsaturated/α-hetero) is 1. The van der Waals surface area contributed by atoms with E-state index in [1.165, 1.54) is 11.8 Å². The second-order valence-electron chi connectivity index (χ2n) is 6.99. The molecule has 0 aliphatic carbocycles. The van der Waals surface area contributed by atoms with Gasteiger partial charge in [0.25, 0.3) is 0 Å². The standard InChI is InChI=1S/C22H26N2O3S/c1-5-27-19(25)13-28-22-18(12-23)17(11-14(2)3)20(15(4)24-22)21(26)16-9-7-6-8-10-16/h6-10,14,17,24H,5,11,13H2,1-4H3/t17-/m0/s1. The van der Waals surface area contributed by atoms with Gasteiger partial charge in [-0.3, -0.25) is 9.59 Å². The fraction of sp³-hybridized carbons (Fsp3) is 0.409. The molecule has 148 valence electrons. The summed E-state index contributed by atoms with van der Waals surface area (Å²) >= 11 is 1.25. The number of nitrogens with one attached hydrogen (secondary N) is 1. The van der Waals surface area contributed by atoms with Gasteiger partial charge in [0, 0.05) is 22.8 Å². The number of ketones is 1. The monoisotopic (exact) mass is 398 g/mol. The molecule has 0 spiro atoms.